The average Bonchev–Trinajstić information content (AvgIpc) is 2.86. The van der Waals surface area contributed by atoms with Gasteiger partial charge < -0.3 is 19.7 Å². The van der Waals surface area contributed by atoms with Crippen LogP contribution in [0.2, 0.25) is 0 Å². The predicted octanol–water partition coefficient (Wildman–Crippen LogP) is 1.81. The van der Waals surface area contributed by atoms with Crippen LogP contribution in [0.25, 0.3) is 0 Å². The number of ether oxygens (including phenoxy) is 2. The minimum absolute atomic E-state index is 0.0437. The molecule has 1 aliphatic heterocycles. The van der Waals surface area contributed by atoms with Crippen LogP contribution in [0.4, 0.5) is 4.79 Å². The van der Waals surface area contributed by atoms with Crippen molar-refractivity contribution in [3.63, 3.8) is 0 Å². The van der Waals surface area contributed by atoms with Gasteiger partial charge in [-0.3, -0.25) is 4.79 Å². The second-order valence-electron chi connectivity index (χ2n) is 6.03. The molecule has 0 spiro atoms. The van der Waals surface area contributed by atoms with E-state index >= 15 is 0 Å². The van der Waals surface area contributed by atoms with E-state index in [1.807, 2.05) is 19.9 Å². The maximum absolute atomic E-state index is 12.3. The molecule has 0 saturated carbocycles. The zero-order valence-electron chi connectivity index (χ0n) is 13.8. The molecule has 2 amide bonds. The minimum atomic E-state index is -0.549. The van der Waals surface area contributed by atoms with E-state index in [9.17, 15) is 9.59 Å². The molecule has 126 valence electrons. The number of alkyl carbamates (subject to hydrolysis) is 1. The molecule has 6 nitrogen and oxygen atoms in total. The van der Waals surface area contributed by atoms with E-state index in [0.29, 0.717) is 25.7 Å². The molecule has 0 aromatic carbocycles. The largest absolute Gasteiger partial charge is 0.449 e. The van der Waals surface area contributed by atoms with Gasteiger partial charge in [-0.15, -0.1) is 6.58 Å². The van der Waals surface area contributed by atoms with Gasteiger partial charge in [0.15, 0.2) is 0 Å². The topological polar surface area (TPSA) is 67.9 Å². The molecule has 22 heavy (non-hydrogen) atoms. The predicted molar refractivity (Wildman–Crippen MR) is 84.5 cm³/mol. The molecule has 0 bridgehead atoms. The van der Waals surface area contributed by atoms with Gasteiger partial charge in [0, 0.05) is 13.7 Å². The van der Waals surface area contributed by atoms with Crippen molar-refractivity contribution in [2.24, 2.45) is 11.8 Å². The first-order chi connectivity index (χ1) is 10.5. The Morgan fingerprint density at radius 1 is 1.45 bits per heavy atom. The maximum atomic E-state index is 12.3. The van der Waals surface area contributed by atoms with Crippen molar-refractivity contribution in [2.75, 3.05) is 33.4 Å². The number of allylic oxidation sites excluding steroid dienone is 1. The van der Waals surface area contributed by atoms with Crippen LogP contribution in [0.5, 0.6) is 0 Å². The van der Waals surface area contributed by atoms with Crippen LogP contribution in [-0.2, 0) is 14.3 Å². The zero-order chi connectivity index (χ0) is 16.5. The van der Waals surface area contributed by atoms with Crippen LogP contribution in [0.1, 0.15) is 26.7 Å². The van der Waals surface area contributed by atoms with Crippen molar-refractivity contribution >= 4 is 12.0 Å². The third-order valence-corrected chi connectivity index (χ3v) is 3.74. The molecule has 1 fully saturated rings. The SMILES string of the molecule is C=CC[C@H]1CCN(C(=O)CNC(=O)OCC(C)C)[C@@H]1COC. The quantitative estimate of drug-likeness (QED) is 0.694. The lowest BCUT2D eigenvalue weighted by atomic mass is 9.97. The van der Waals surface area contributed by atoms with Crippen molar-refractivity contribution in [1.82, 2.24) is 10.2 Å². The number of hydrogen-bond acceptors (Lipinski definition) is 4. The Kier molecular flexibility index (Phi) is 7.95. The average molecular weight is 312 g/mol. The van der Waals surface area contributed by atoms with E-state index in [2.05, 4.69) is 11.9 Å². The fraction of sp³-hybridized carbons (Fsp3) is 0.750. The third-order valence-electron chi connectivity index (χ3n) is 3.74. The summed E-state index contributed by atoms with van der Waals surface area (Å²) < 4.78 is 10.2. The lowest BCUT2D eigenvalue weighted by Gasteiger charge is -2.27. The Morgan fingerprint density at radius 3 is 2.77 bits per heavy atom. The molecule has 1 heterocycles. The summed E-state index contributed by atoms with van der Waals surface area (Å²) in [4.78, 5) is 25.6. The van der Waals surface area contributed by atoms with Gasteiger partial charge in [0.25, 0.3) is 0 Å². The van der Waals surface area contributed by atoms with Crippen LogP contribution in [0, 0.1) is 11.8 Å². The highest BCUT2D eigenvalue weighted by Crippen LogP contribution is 2.27. The first-order valence-electron chi connectivity index (χ1n) is 7.79. The van der Waals surface area contributed by atoms with Crippen molar-refractivity contribution < 1.29 is 19.1 Å². The zero-order valence-corrected chi connectivity index (χ0v) is 13.8. The molecule has 1 N–H and O–H groups in total. The fourth-order valence-corrected chi connectivity index (χ4v) is 2.66. The molecular weight excluding hydrogens is 284 g/mol. The third kappa shape index (κ3) is 5.67. The van der Waals surface area contributed by atoms with Crippen LogP contribution < -0.4 is 5.32 Å². The molecule has 1 saturated heterocycles. The minimum Gasteiger partial charge on any atom is -0.449 e. The van der Waals surface area contributed by atoms with Crippen molar-refractivity contribution in [2.45, 2.75) is 32.7 Å². The molecule has 1 rings (SSSR count). The summed E-state index contributed by atoms with van der Waals surface area (Å²) in [6.07, 6.45) is 3.13. The first kappa shape index (κ1) is 18.5. The van der Waals surface area contributed by atoms with E-state index in [1.165, 1.54) is 0 Å². The number of nitrogens with one attached hydrogen (secondary N) is 1. The summed E-state index contributed by atoms with van der Waals surface area (Å²) in [7, 11) is 1.63. The fourth-order valence-electron chi connectivity index (χ4n) is 2.66. The molecule has 0 radical (unpaired) electrons. The highest BCUT2D eigenvalue weighted by molar-refractivity contribution is 5.82. The van der Waals surface area contributed by atoms with E-state index in [0.717, 1.165) is 12.8 Å². The van der Waals surface area contributed by atoms with Crippen LogP contribution in [0.3, 0.4) is 0 Å². The Hall–Kier alpha value is -1.56. The van der Waals surface area contributed by atoms with E-state index in [-0.39, 0.29) is 24.4 Å². The summed E-state index contributed by atoms with van der Waals surface area (Å²) in [5.74, 6) is 0.537. The Bertz CT molecular complexity index is 384. The van der Waals surface area contributed by atoms with E-state index in [1.54, 1.807) is 12.0 Å². The molecule has 0 aromatic rings. The lowest BCUT2D eigenvalue weighted by molar-refractivity contribution is -0.132. The molecule has 0 aliphatic carbocycles. The van der Waals surface area contributed by atoms with Crippen molar-refractivity contribution in [3.05, 3.63) is 12.7 Å². The van der Waals surface area contributed by atoms with Gasteiger partial charge in [-0.05, 0) is 24.7 Å². The number of amides is 2. The first-order valence-corrected chi connectivity index (χ1v) is 7.79. The number of carbonyl (C=O) groups excluding carboxylic acids is 2. The van der Waals surface area contributed by atoms with Gasteiger partial charge in [-0.2, -0.15) is 0 Å². The summed E-state index contributed by atoms with van der Waals surface area (Å²) in [6.45, 7) is 9.17. The molecule has 0 unspecified atom stereocenters. The summed E-state index contributed by atoms with van der Waals surface area (Å²) in [5.41, 5.74) is 0. The van der Waals surface area contributed by atoms with Gasteiger partial charge in [-0.1, -0.05) is 19.9 Å². The number of methoxy groups -OCH3 is 1. The second kappa shape index (κ2) is 9.46. The number of hydrogen-bond donors (Lipinski definition) is 1. The van der Waals surface area contributed by atoms with E-state index < -0.39 is 6.09 Å². The highest BCUT2D eigenvalue weighted by Gasteiger charge is 2.36. The smallest absolute Gasteiger partial charge is 0.407 e. The summed E-state index contributed by atoms with van der Waals surface area (Å²) in [6, 6.07) is 0.0454. The van der Waals surface area contributed by atoms with Gasteiger partial charge in [0.2, 0.25) is 5.91 Å². The van der Waals surface area contributed by atoms with Gasteiger partial charge in [-0.25, -0.2) is 4.79 Å². The monoisotopic (exact) mass is 312 g/mol. The Labute approximate surface area is 132 Å². The number of rotatable bonds is 8. The molecule has 0 aromatic heterocycles. The molecular formula is C16H28N2O4. The van der Waals surface area contributed by atoms with Crippen molar-refractivity contribution in [3.8, 4) is 0 Å². The molecule has 1 aliphatic rings. The maximum Gasteiger partial charge on any atom is 0.407 e. The Morgan fingerprint density at radius 2 is 2.18 bits per heavy atom. The molecule has 6 heteroatoms. The lowest BCUT2D eigenvalue weighted by Crippen LogP contribution is -2.45. The summed E-state index contributed by atoms with van der Waals surface area (Å²) >= 11 is 0. The van der Waals surface area contributed by atoms with Crippen LogP contribution >= 0.6 is 0 Å². The van der Waals surface area contributed by atoms with Gasteiger partial charge >= 0.3 is 6.09 Å². The highest BCUT2D eigenvalue weighted by atomic mass is 16.5. The number of likely N-dealkylation sites (tertiary alicyclic amines) is 1. The number of carbonyl (C=O) groups is 2. The standard InChI is InChI=1S/C16H28N2O4/c1-5-6-13-7-8-18(14(13)11-21-4)15(19)9-17-16(20)22-10-12(2)3/h5,12-14H,1,6-11H2,2-4H3,(H,17,20)/t13-,14+/m0/s1. The van der Waals surface area contributed by atoms with Crippen LogP contribution in [-0.4, -0.2) is 56.4 Å². The number of nitrogens with zero attached hydrogens (tertiary/aromatic N) is 1. The van der Waals surface area contributed by atoms with E-state index in [4.69, 9.17) is 9.47 Å². The van der Waals surface area contributed by atoms with Crippen LogP contribution in [0.15, 0.2) is 12.7 Å². The normalized spacial score (nSPS) is 21.0. The van der Waals surface area contributed by atoms with Crippen molar-refractivity contribution in [1.29, 1.82) is 0 Å². The Balaban J connectivity index is 2.46. The molecule has 2 atom stereocenters. The van der Waals surface area contributed by atoms with Gasteiger partial charge in [0.1, 0.15) is 6.54 Å². The van der Waals surface area contributed by atoms with Gasteiger partial charge in [0.05, 0.1) is 19.3 Å². The second-order valence-corrected chi connectivity index (χ2v) is 6.03. The summed E-state index contributed by atoms with van der Waals surface area (Å²) in [5, 5.41) is 2.51.